The minimum Gasteiger partial charge on any atom is -0.385 e. The Morgan fingerprint density at radius 1 is 1.00 bits per heavy atom. The first-order valence-electron chi connectivity index (χ1n) is 9.65. The van der Waals surface area contributed by atoms with Crippen molar-refractivity contribution >= 4 is 33.2 Å². The van der Waals surface area contributed by atoms with Crippen LogP contribution < -0.4 is 15.4 Å². The van der Waals surface area contributed by atoms with E-state index in [1.54, 1.807) is 31.4 Å². The highest BCUT2D eigenvalue weighted by Gasteiger charge is 2.14. The minimum atomic E-state index is -3.62. The van der Waals surface area contributed by atoms with Gasteiger partial charge in [-0.05, 0) is 55.3 Å². The molecule has 0 saturated heterocycles. The van der Waals surface area contributed by atoms with Crippen molar-refractivity contribution in [2.24, 2.45) is 0 Å². The predicted molar refractivity (Wildman–Crippen MR) is 116 cm³/mol. The van der Waals surface area contributed by atoms with Crippen LogP contribution in [0.4, 0.5) is 11.4 Å². The molecule has 30 heavy (non-hydrogen) atoms. The third-order valence-corrected chi connectivity index (χ3v) is 5.60. The average Bonchev–Trinajstić information content (AvgIpc) is 2.72. The molecule has 2 aromatic carbocycles. The number of hydrogen-bond donors (Lipinski definition) is 3. The minimum absolute atomic E-state index is 0.109. The van der Waals surface area contributed by atoms with Crippen molar-refractivity contribution in [3.05, 3.63) is 54.1 Å². The normalized spacial score (nSPS) is 11.1. The summed E-state index contributed by atoms with van der Waals surface area (Å²) in [7, 11) is -2.06. The summed E-state index contributed by atoms with van der Waals surface area (Å²) >= 11 is 0. The summed E-state index contributed by atoms with van der Waals surface area (Å²) in [5.41, 5.74) is 1.38. The molecule has 0 radical (unpaired) electrons. The number of carbonyl (C=O) groups excluding carboxylic acids is 2. The van der Waals surface area contributed by atoms with E-state index in [0.29, 0.717) is 36.4 Å². The number of sulfonamides is 1. The zero-order valence-corrected chi connectivity index (χ0v) is 17.9. The molecule has 0 spiro atoms. The zero-order chi connectivity index (χ0) is 22.0. The smallest absolute Gasteiger partial charge is 0.255 e. The number of rotatable bonds is 11. The van der Waals surface area contributed by atoms with Gasteiger partial charge in [0.05, 0.1) is 4.90 Å². The molecule has 162 valence electrons. The van der Waals surface area contributed by atoms with Crippen LogP contribution in [-0.4, -0.2) is 40.5 Å². The lowest BCUT2D eigenvalue weighted by molar-refractivity contribution is -0.116. The van der Waals surface area contributed by atoms with E-state index in [1.165, 1.54) is 24.3 Å². The fraction of sp³-hybridized carbons (Fsp3) is 0.333. The second-order valence-electron chi connectivity index (χ2n) is 6.60. The number of methoxy groups -OCH3 is 1. The van der Waals surface area contributed by atoms with Crippen molar-refractivity contribution in [3.8, 4) is 0 Å². The van der Waals surface area contributed by atoms with E-state index in [2.05, 4.69) is 15.4 Å². The van der Waals surface area contributed by atoms with Gasteiger partial charge in [-0.1, -0.05) is 13.0 Å². The van der Waals surface area contributed by atoms with Crippen LogP contribution in [0.2, 0.25) is 0 Å². The summed E-state index contributed by atoms with van der Waals surface area (Å²) in [4.78, 5) is 24.3. The standard InChI is InChI=1S/C21H27N3O5S/c1-3-6-20(25)23-18-8-4-7-16(15-18)21(26)24-17-9-11-19(12-10-17)30(27,28)22-13-5-14-29-2/h4,7-12,15,22H,3,5-6,13-14H2,1-2H3,(H,23,25)(H,24,26). The van der Waals surface area contributed by atoms with Gasteiger partial charge in [0.25, 0.3) is 5.91 Å². The lowest BCUT2D eigenvalue weighted by Gasteiger charge is -2.10. The van der Waals surface area contributed by atoms with Gasteiger partial charge in [-0.2, -0.15) is 0 Å². The van der Waals surface area contributed by atoms with Crippen LogP contribution in [0.5, 0.6) is 0 Å². The van der Waals surface area contributed by atoms with Crippen LogP contribution in [-0.2, 0) is 19.6 Å². The molecule has 2 aromatic rings. The van der Waals surface area contributed by atoms with Gasteiger partial charge >= 0.3 is 0 Å². The first-order chi connectivity index (χ1) is 14.4. The van der Waals surface area contributed by atoms with Gasteiger partial charge in [0.15, 0.2) is 0 Å². The topological polar surface area (TPSA) is 114 Å². The third-order valence-electron chi connectivity index (χ3n) is 4.13. The monoisotopic (exact) mass is 433 g/mol. The van der Waals surface area contributed by atoms with Gasteiger partial charge in [-0.3, -0.25) is 9.59 Å². The van der Waals surface area contributed by atoms with Gasteiger partial charge in [0.1, 0.15) is 0 Å². The molecule has 2 rings (SSSR count). The zero-order valence-electron chi connectivity index (χ0n) is 17.1. The second kappa shape index (κ2) is 11.4. The van der Waals surface area contributed by atoms with Crippen LogP contribution in [0.3, 0.4) is 0 Å². The van der Waals surface area contributed by atoms with Crippen LogP contribution in [0.1, 0.15) is 36.5 Å². The number of amides is 2. The Kier molecular flexibility index (Phi) is 8.97. The molecule has 0 aliphatic heterocycles. The lowest BCUT2D eigenvalue weighted by Crippen LogP contribution is -2.25. The molecule has 0 aliphatic rings. The summed E-state index contributed by atoms with van der Waals surface area (Å²) in [5.74, 6) is -0.474. The van der Waals surface area contributed by atoms with Crippen LogP contribution in [0.15, 0.2) is 53.4 Å². The van der Waals surface area contributed by atoms with Crippen LogP contribution in [0.25, 0.3) is 0 Å². The molecule has 3 N–H and O–H groups in total. The molecular formula is C21H27N3O5S. The third kappa shape index (κ3) is 7.25. The van der Waals surface area contributed by atoms with E-state index in [-0.39, 0.29) is 23.3 Å². The van der Waals surface area contributed by atoms with Gasteiger partial charge in [-0.25, -0.2) is 13.1 Å². The molecule has 0 bridgehead atoms. The molecule has 0 fully saturated rings. The Labute approximate surface area is 177 Å². The molecule has 0 unspecified atom stereocenters. The first kappa shape index (κ1) is 23.5. The highest BCUT2D eigenvalue weighted by molar-refractivity contribution is 7.89. The van der Waals surface area contributed by atoms with Gasteiger partial charge in [0.2, 0.25) is 15.9 Å². The quantitative estimate of drug-likeness (QED) is 0.472. The Morgan fingerprint density at radius 2 is 1.73 bits per heavy atom. The number of nitrogens with one attached hydrogen (secondary N) is 3. The molecular weight excluding hydrogens is 406 g/mol. The Bertz CT molecular complexity index is 959. The van der Waals surface area contributed by atoms with Crippen LogP contribution >= 0.6 is 0 Å². The maximum atomic E-state index is 12.5. The van der Waals surface area contributed by atoms with E-state index in [4.69, 9.17) is 4.74 Å². The van der Waals surface area contributed by atoms with Crippen molar-refractivity contribution in [2.45, 2.75) is 31.1 Å². The van der Waals surface area contributed by atoms with E-state index in [9.17, 15) is 18.0 Å². The number of anilines is 2. The van der Waals surface area contributed by atoms with Crippen molar-refractivity contribution in [2.75, 3.05) is 30.9 Å². The number of carbonyl (C=O) groups is 2. The first-order valence-corrected chi connectivity index (χ1v) is 11.1. The molecule has 8 nitrogen and oxygen atoms in total. The fourth-order valence-corrected chi connectivity index (χ4v) is 3.69. The van der Waals surface area contributed by atoms with E-state index in [0.717, 1.165) is 6.42 Å². The lowest BCUT2D eigenvalue weighted by atomic mass is 10.1. The highest BCUT2D eigenvalue weighted by atomic mass is 32.2. The second-order valence-corrected chi connectivity index (χ2v) is 8.37. The maximum absolute atomic E-state index is 12.5. The fourth-order valence-electron chi connectivity index (χ4n) is 2.62. The van der Waals surface area contributed by atoms with Crippen molar-refractivity contribution in [3.63, 3.8) is 0 Å². The van der Waals surface area contributed by atoms with Crippen LogP contribution in [0, 0.1) is 0 Å². The molecule has 0 aliphatic carbocycles. The van der Waals surface area contributed by atoms with E-state index >= 15 is 0 Å². The van der Waals surface area contributed by atoms with Crippen molar-refractivity contribution in [1.29, 1.82) is 0 Å². The number of benzene rings is 2. The number of hydrogen-bond acceptors (Lipinski definition) is 5. The summed E-state index contributed by atoms with van der Waals surface area (Å²) in [6.45, 7) is 2.66. The largest absolute Gasteiger partial charge is 0.385 e. The highest BCUT2D eigenvalue weighted by Crippen LogP contribution is 2.17. The predicted octanol–water partition coefficient (Wildman–Crippen LogP) is 2.99. The van der Waals surface area contributed by atoms with E-state index in [1.807, 2.05) is 6.92 Å². The summed E-state index contributed by atoms with van der Waals surface area (Å²) in [5, 5.41) is 5.47. The summed E-state index contributed by atoms with van der Waals surface area (Å²) in [6.07, 6.45) is 1.72. The van der Waals surface area contributed by atoms with Gasteiger partial charge < -0.3 is 15.4 Å². The maximum Gasteiger partial charge on any atom is 0.255 e. The van der Waals surface area contributed by atoms with Gasteiger partial charge in [-0.15, -0.1) is 0 Å². The molecule has 0 heterocycles. The molecule has 9 heteroatoms. The van der Waals surface area contributed by atoms with Crippen molar-refractivity contribution in [1.82, 2.24) is 4.72 Å². The number of ether oxygens (including phenoxy) is 1. The average molecular weight is 434 g/mol. The van der Waals surface area contributed by atoms with E-state index < -0.39 is 10.0 Å². The molecule has 0 aromatic heterocycles. The van der Waals surface area contributed by atoms with Gasteiger partial charge in [0, 0.05) is 43.6 Å². The Hall–Kier alpha value is -2.75. The van der Waals surface area contributed by atoms with Crippen molar-refractivity contribution < 1.29 is 22.7 Å². The SMILES string of the molecule is CCCC(=O)Nc1cccc(C(=O)Nc2ccc(S(=O)(=O)NCCCOC)cc2)c1. The Morgan fingerprint density at radius 3 is 2.40 bits per heavy atom. The molecule has 0 atom stereocenters. The molecule has 2 amide bonds. The molecule has 0 saturated carbocycles. The summed E-state index contributed by atoms with van der Waals surface area (Å²) < 4.78 is 31.9. The summed E-state index contributed by atoms with van der Waals surface area (Å²) in [6, 6.07) is 12.5. The Balaban J connectivity index is 2.00.